The Hall–Kier alpha value is -3.27. The quantitative estimate of drug-likeness (QED) is 0.348. The molecule has 1 aliphatic heterocycles. The molecule has 2 amide bonds. The molecule has 0 saturated carbocycles. The maximum Gasteiger partial charge on any atom is 0.412 e. The highest BCUT2D eigenvalue weighted by molar-refractivity contribution is 6.31. The third-order valence-electron chi connectivity index (χ3n) is 7.46. The van der Waals surface area contributed by atoms with Crippen molar-refractivity contribution in [1.29, 1.82) is 0 Å². The smallest absolute Gasteiger partial charge is 0.412 e. The van der Waals surface area contributed by atoms with Crippen molar-refractivity contribution < 1.29 is 18.7 Å². The van der Waals surface area contributed by atoms with Crippen LogP contribution in [0.1, 0.15) is 24.8 Å². The normalized spacial score (nSPS) is 15.1. The number of hydrogen-bond acceptors (Lipinski definition) is 6. The van der Waals surface area contributed by atoms with E-state index in [9.17, 15) is 14.0 Å². The molecular weight excluding hydrogens is 533 g/mol. The Morgan fingerprint density at radius 2 is 1.88 bits per heavy atom. The van der Waals surface area contributed by atoms with Gasteiger partial charge in [-0.1, -0.05) is 48.0 Å². The largest absolute Gasteiger partial charge is 0.447 e. The second kappa shape index (κ2) is 14.4. The van der Waals surface area contributed by atoms with Crippen LogP contribution in [-0.2, 0) is 16.0 Å². The summed E-state index contributed by atoms with van der Waals surface area (Å²) in [5.41, 5.74) is 0.591. The van der Waals surface area contributed by atoms with E-state index >= 15 is 0 Å². The first-order valence-electron chi connectivity index (χ1n) is 13.7. The van der Waals surface area contributed by atoms with E-state index in [-0.39, 0.29) is 30.0 Å². The topological polar surface area (TPSA) is 78.0 Å². The molecule has 0 unspecified atom stereocenters. The number of nitrogens with one attached hydrogen (secondary N) is 1. The molecular formula is C30H37ClFN5O3. The summed E-state index contributed by atoms with van der Waals surface area (Å²) < 4.78 is 19.4. The molecule has 1 fully saturated rings. The highest BCUT2D eigenvalue weighted by Gasteiger charge is 2.23. The van der Waals surface area contributed by atoms with E-state index in [1.165, 1.54) is 6.07 Å². The Labute approximate surface area is 240 Å². The molecule has 1 aromatic heterocycles. The molecule has 1 saturated heterocycles. The lowest BCUT2D eigenvalue weighted by Crippen LogP contribution is -2.45. The van der Waals surface area contributed by atoms with Crippen LogP contribution in [0.5, 0.6) is 0 Å². The SMILES string of the molecule is CN1CCN(CCC[C@@H](COC(=O)Nc2cc3ccccc3cn2)N(C)C(=O)CCc2cccc(F)c2Cl)CC1. The molecule has 0 spiro atoms. The minimum Gasteiger partial charge on any atom is -0.447 e. The number of benzene rings is 2. The highest BCUT2D eigenvalue weighted by Crippen LogP contribution is 2.22. The summed E-state index contributed by atoms with van der Waals surface area (Å²) in [4.78, 5) is 36.4. The number of carbonyl (C=O) groups is 2. The van der Waals surface area contributed by atoms with Crippen LogP contribution >= 0.6 is 11.6 Å². The predicted molar refractivity (Wildman–Crippen MR) is 156 cm³/mol. The molecule has 10 heteroatoms. The summed E-state index contributed by atoms with van der Waals surface area (Å²) in [7, 11) is 3.85. The zero-order valence-electron chi connectivity index (χ0n) is 23.1. The van der Waals surface area contributed by atoms with Gasteiger partial charge in [0.1, 0.15) is 18.2 Å². The molecule has 3 aromatic rings. The number of rotatable bonds is 11. The number of hydrogen-bond donors (Lipinski definition) is 1. The number of fused-ring (bicyclic) bond motifs is 1. The maximum absolute atomic E-state index is 13.8. The Bertz CT molecular complexity index is 1300. The summed E-state index contributed by atoms with van der Waals surface area (Å²) in [6.07, 6.45) is 3.10. The predicted octanol–water partition coefficient (Wildman–Crippen LogP) is 5.06. The minimum absolute atomic E-state index is 0.0454. The Balaban J connectivity index is 1.34. The van der Waals surface area contributed by atoms with Gasteiger partial charge in [-0.15, -0.1) is 0 Å². The summed E-state index contributed by atoms with van der Waals surface area (Å²) in [5, 5.41) is 4.66. The first kappa shape index (κ1) is 29.7. The Morgan fingerprint density at radius 1 is 1.12 bits per heavy atom. The fraction of sp³-hybridized carbons (Fsp3) is 0.433. The summed E-state index contributed by atoms with van der Waals surface area (Å²) in [6.45, 7) is 5.07. The molecule has 2 heterocycles. The van der Waals surface area contributed by atoms with Crippen LogP contribution < -0.4 is 5.32 Å². The summed E-state index contributed by atoms with van der Waals surface area (Å²) in [5.74, 6) is -0.223. The van der Waals surface area contributed by atoms with Crippen LogP contribution in [0.25, 0.3) is 10.8 Å². The molecule has 0 radical (unpaired) electrons. The average molecular weight is 570 g/mol. The van der Waals surface area contributed by atoms with Gasteiger partial charge < -0.3 is 19.4 Å². The second-order valence-corrected chi connectivity index (χ2v) is 10.7. The molecule has 0 aliphatic carbocycles. The zero-order chi connectivity index (χ0) is 28.5. The van der Waals surface area contributed by atoms with Gasteiger partial charge in [-0.05, 0) is 55.9 Å². The molecule has 40 heavy (non-hydrogen) atoms. The monoisotopic (exact) mass is 569 g/mol. The van der Waals surface area contributed by atoms with Crippen LogP contribution in [0.2, 0.25) is 5.02 Å². The van der Waals surface area contributed by atoms with Gasteiger partial charge in [0.2, 0.25) is 5.91 Å². The highest BCUT2D eigenvalue weighted by atomic mass is 35.5. The van der Waals surface area contributed by atoms with E-state index in [4.69, 9.17) is 16.3 Å². The van der Waals surface area contributed by atoms with Gasteiger partial charge >= 0.3 is 6.09 Å². The van der Waals surface area contributed by atoms with Crippen LogP contribution in [0.3, 0.4) is 0 Å². The standard InChI is InChI=1S/C30H37ClFN5O3/c1-35-15-17-37(18-16-35)14-6-10-25(36(2)28(38)13-12-22-9-5-11-26(32)29(22)31)21-40-30(39)34-27-19-23-7-3-4-8-24(23)20-33-27/h3-5,7-9,11,19-20,25H,6,10,12-18,21H2,1-2H3,(H,33,34,39)/t25-/m0/s1. The van der Waals surface area contributed by atoms with Gasteiger partial charge in [-0.25, -0.2) is 14.2 Å². The van der Waals surface area contributed by atoms with Crippen molar-refractivity contribution >= 4 is 40.2 Å². The van der Waals surface area contributed by atoms with E-state index < -0.39 is 11.9 Å². The van der Waals surface area contributed by atoms with E-state index in [0.717, 1.165) is 49.9 Å². The zero-order valence-corrected chi connectivity index (χ0v) is 23.9. The summed E-state index contributed by atoms with van der Waals surface area (Å²) >= 11 is 6.08. The number of aromatic nitrogens is 1. The molecule has 8 nitrogen and oxygen atoms in total. The molecule has 4 rings (SSSR count). The van der Waals surface area contributed by atoms with E-state index in [0.29, 0.717) is 24.2 Å². The van der Waals surface area contributed by atoms with Crippen molar-refractivity contribution in [1.82, 2.24) is 19.7 Å². The number of halogens is 2. The van der Waals surface area contributed by atoms with Crippen molar-refractivity contribution in [3.05, 3.63) is 71.1 Å². The van der Waals surface area contributed by atoms with Crippen molar-refractivity contribution in [3.63, 3.8) is 0 Å². The lowest BCUT2D eigenvalue weighted by atomic mass is 10.1. The molecule has 2 aromatic carbocycles. The molecule has 214 valence electrons. The molecule has 1 N–H and O–H groups in total. The van der Waals surface area contributed by atoms with Gasteiger partial charge in [0, 0.05) is 51.2 Å². The number of aryl methyl sites for hydroxylation is 1. The van der Waals surface area contributed by atoms with E-state index in [1.54, 1.807) is 36.3 Å². The Kier molecular flexibility index (Phi) is 10.7. The third kappa shape index (κ3) is 8.36. The van der Waals surface area contributed by atoms with Crippen molar-refractivity contribution in [2.45, 2.75) is 31.7 Å². The number of likely N-dealkylation sites (N-methyl/N-ethyl adjacent to an activating group) is 2. The number of pyridine rings is 1. The first-order chi connectivity index (χ1) is 19.3. The lowest BCUT2D eigenvalue weighted by molar-refractivity contribution is -0.133. The summed E-state index contributed by atoms with van der Waals surface area (Å²) in [6, 6.07) is 13.8. The van der Waals surface area contributed by atoms with Gasteiger partial charge in [0.05, 0.1) is 11.1 Å². The van der Waals surface area contributed by atoms with E-state index in [1.807, 2.05) is 24.3 Å². The van der Waals surface area contributed by atoms with Crippen LogP contribution in [0, 0.1) is 5.82 Å². The fourth-order valence-electron chi connectivity index (χ4n) is 4.84. The third-order valence-corrected chi connectivity index (χ3v) is 7.88. The van der Waals surface area contributed by atoms with E-state index in [2.05, 4.69) is 27.1 Å². The van der Waals surface area contributed by atoms with Crippen LogP contribution in [0.15, 0.2) is 54.7 Å². The van der Waals surface area contributed by atoms with Crippen molar-refractivity contribution in [2.75, 3.05) is 58.7 Å². The molecule has 1 atom stereocenters. The molecule has 0 bridgehead atoms. The number of carbonyl (C=O) groups excluding carboxylic acids is 2. The number of ether oxygens (including phenoxy) is 1. The number of amides is 2. The number of nitrogens with zero attached hydrogens (tertiary/aromatic N) is 4. The number of anilines is 1. The fourth-order valence-corrected chi connectivity index (χ4v) is 5.06. The second-order valence-electron chi connectivity index (χ2n) is 10.3. The van der Waals surface area contributed by atoms with Gasteiger partial charge in [-0.2, -0.15) is 0 Å². The van der Waals surface area contributed by atoms with Gasteiger partial charge in [0.15, 0.2) is 0 Å². The van der Waals surface area contributed by atoms with Crippen molar-refractivity contribution in [2.24, 2.45) is 0 Å². The van der Waals surface area contributed by atoms with Gasteiger partial charge in [0.25, 0.3) is 0 Å². The van der Waals surface area contributed by atoms with Crippen molar-refractivity contribution in [3.8, 4) is 0 Å². The van der Waals surface area contributed by atoms with Gasteiger partial charge in [-0.3, -0.25) is 10.1 Å². The number of piperazine rings is 1. The lowest BCUT2D eigenvalue weighted by Gasteiger charge is -2.33. The average Bonchev–Trinajstić information content (AvgIpc) is 2.96. The molecule has 1 aliphatic rings. The Morgan fingerprint density at radius 3 is 2.65 bits per heavy atom. The van der Waals surface area contributed by atoms with Crippen LogP contribution in [0.4, 0.5) is 15.0 Å². The minimum atomic E-state index is -0.626. The van der Waals surface area contributed by atoms with Crippen LogP contribution in [-0.4, -0.2) is 91.2 Å². The maximum atomic E-state index is 13.8. The first-order valence-corrected chi connectivity index (χ1v) is 14.1.